The van der Waals surface area contributed by atoms with Crippen LogP contribution in [0.3, 0.4) is 0 Å². The van der Waals surface area contributed by atoms with E-state index in [4.69, 9.17) is 10.3 Å². The summed E-state index contributed by atoms with van der Waals surface area (Å²) in [5.41, 5.74) is 10.9. The van der Waals surface area contributed by atoms with Crippen LogP contribution in [0.2, 0.25) is 0 Å². The predicted molar refractivity (Wildman–Crippen MR) is 184 cm³/mol. The molecule has 2 aromatic rings. The molecule has 1 heterocycles. The Morgan fingerprint density at radius 1 is 0.854 bits per heavy atom. The Hall–Kier alpha value is -4.73. The number of hydrogen-bond donors (Lipinski definition) is 3. The molecule has 0 bridgehead atoms. The SMILES string of the molecule is CC(C)C[C@H](NC(=O)[C@H](CC1=CCCC=C1)NC(=O)[C@H](Cc1ccccc1)NC(=O)CC(Cc1ccccc1)N=[N+]=[N-])C(=O)[C@@]1(C)CO1. The molecule has 0 saturated carbocycles. The van der Waals surface area contributed by atoms with Gasteiger partial charge in [0.1, 0.15) is 17.7 Å². The molecule has 1 aliphatic carbocycles. The van der Waals surface area contributed by atoms with Crippen molar-refractivity contribution in [3.8, 4) is 0 Å². The van der Waals surface area contributed by atoms with Crippen molar-refractivity contribution in [3.63, 3.8) is 0 Å². The molecule has 0 aromatic heterocycles. The van der Waals surface area contributed by atoms with Gasteiger partial charge in [-0.1, -0.05) is 97.9 Å². The molecule has 0 spiro atoms. The molecule has 254 valence electrons. The van der Waals surface area contributed by atoms with Crippen molar-refractivity contribution < 1.29 is 23.9 Å². The first kappa shape index (κ1) is 36.1. The number of carbonyl (C=O) groups excluding carboxylic acids is 4. The second kappa shape index (κ2) is 17.4. The Morgan fingerprint density at radius 3 is 1.98 bits per heavy atom. The van der Waals surface area contributed by atoms with E-state index in [0.717, 1.165) is 29.5 Å². The molecule has 1 saturated heterocycles. The number of carbonyl (C=O) groups is 4. The van der Waals surface area contributed by atoms with Crippen LogP contribution in [0.4, 0.5) is 0 Å². The van der Waals surface area contributed by atoms with Gasteiger partial charge in [-0.25, -0.2) is 0 Å². The van der Waals surface area contributed by atoms with E-state index in [1.807, 2.05) is 92.7 Å². The van der Waals surface area contributed by atoms with Crippen molar-refractivity contribution in [3.05, 3.63) is 106 Å². The Balaban J connectivity index is 1.53. The van der Waals surface area contributed by atoms with Crippen LogP contribution in [0, 0.1) is 5.92 Å². The lowest BCUT2D eigenvalue weighted by molar-refractivity contribution is -0.134. The highest BCUT2D eigenvalue weighted by Crippen LogP contribution is 2.30. The summed E-state index contributed by atoms with van der Waals surface area (Å²) in [6.07, 6.45) is 8.76. The summed E-state index contributed by atoms with van der Waals surface area (Å²) in [4.78, 5) is 57.5. The van der Waals surface area contributed by atoms with Crippen LogP contribution >= 0.6 is 0 Å². The Morgan fingerprint density at radius 2 is 1.44 bits per heavy atom. The molecular weight excluding hydrogens is 608 g/mol. The number of allylic oxidation sites excluding steroid dienone is 3. The number of epoxide rings is 1. The van der Waals surface area contributed by atoms with Crippen LogP contribution in [-0.2, 0) is 36.8 Å². The first-order valence-corrected chi connectivity index (χ1v) is 16.6. The quantitative estimate of drug-likeness (QED) is 0.0883. The molecular formula is C37H46N6O5. The molecule has 1 aliphatic heterocycles. The maximum atomic E-state index is 14.0. The van der Waals surface area contributed by atoms with Crippen LogP contribution in [0.5, 0.6) is 0 Å². The average molecular weight is 655 g/mol. The van der Waals surface area contributed by atoms with Gasteiger partial charge in [0.25, 0.3) is 0 Å². The van der Waals surface area contributed by atoms with Crippen molar-refractivity contribution in [1.82, 2.24) is 16.0 Å². The molecule has 5 atom stereocenters. The maximum absolute atomic E-state index is 14.0. The lowest BCUT2D eigenvalue weighted by Gasteiger charge is -2.27. The molecule has 48 heavy (non-hydrogen) atoms. The number of benzene rings is 2. The molecule has 1 fully saturated rings. The number of nitrogens with one attached hydrogen (secondary N) is 3. The van der Waals surface area contributed by atoms with E-state index in [0.29, 0.717) is 19.4 Å². The molecule has 3 N–H and O–H groups in total. The minimum Gasteiger partial charge on any atom is -0.361 e. The standard InChI is InChI=1S/C37H46N6O5/c1-25(2)19-30(34(45)37(3)24-48-37)40-36(47)32(22-28-17-11-6-12-18-28)41-35(46)31(21-27-15-9-5-10-16-27)39-33(44)23-29(42-43-38)20-26-13-7-4-8-14-26/h4-5,7-11,13-18,25,29-32H,6,12,19-24H2,1-3H3,(H,39,44)(H,40,47)(H,41,46)/t29?,30-,31-,32-,37+/m0/s1. The Bertz CT molecular complexity index is 1530. The van der Waals surface area contributed by atoms with E-state index < -0.39 is 47.5 Å². The zero-order valence-electron chi connectivity index (χ0n) is 27.9. The minimum atomic E-state index is -1.03. The van der Waals surface area contributed by atoms with E-state index in [1.165, 1.54) is 0 Å². The van der Waals surface area contributed by atoms with Gasteiger partial charge >= 0.3 is 0 Å². The summed E-state index contributed by atoms with van der Waals surface area (Å²) in [5.74, 6) is -1.55. The van der Waals surface area contributed by atoms with Crippen LogP contribution in [0.25, 0.3) is 10.4 Å². The maximum Gasteiger partial charge on any atom is 0.243 e. The monoisotopic (exact) mass is 654 g/mol. The molecule has 4 rings (SSSR count). The summed E-state index contributed by atoms with van der Waals surface area (Å²) in [5, 5.41) is 12.5. The third-order valence-electron chi connectivity index (χ3n) is 8.47. The average Bonchev–Trinajstić information content (AvgIpc) is 3.83. The Kier molecular flexibility index (Phi) is 13.1. The van der Waals surface area contributed by atoms with Gasteiger partial charge in [-0.2, -0.15) is 0 Å². The van der Waals surface area contributed by atoms with Gasteiger partial charge in [-0.3, -0.25) is 19.2 Å². The van der Waals surface area contributed by atoms with Crippen LogP contribution in [0.1, 0.15) is 64.0 Å². The van der Waals surface area contributed by atoms with Crippen LogP contribution < -0.4 is 16.0 Å². The highest BCUT2D eigenvalue weighted by Gasteiger charge is 2.50. The zero-order chi connectivity index (χ0) is 34.5. The zero-order valence-corrected chi connectivity index (χ0v) is 27.9. The van der Waals surface area contributed by atoms with Crippen LogP contribution in [0.15, 0.2) is 89.6 Å². The Labute approximate surface area is 282 Å². The molecule has 0 radical (unpaired) electrons. The number of nitrogens with zero attached hydrogens (tertiary/aromatic N) is 3. The fourth-order valence-electron chi connectivity index (χ4n) is 5.77. The van der Waals surface area contributed by atoms with Gasteiger partial charge < -0.3 is 20.7 Å². The highest BCUT2D eigenvalue weighted by atomic mass is 16.6. The normalized spacial score (nSPS) is 19.1. The first-order chi connectivity index (χ1) is 23.1. The van der Waals surface area contributed by atoms with Gasteiger partial charge in [0.05, 0.1) is 18.7 Å². The number of amides is 3. The molecule has 11 nitrogen and oxygen atoms in total. The molecule has 11 heteroatoms. The summed E-state index contributed by atoms with van der Waals surface area (Å²) in [6, 6.07) is 15.2. The third kappa shape index (κ3) is 11.2. The van der Waals surface area contributed by atoms with Crippen molar-refractivity contribution in [2.75, 3.05) is 6.61 Å². The van der Waals surface area contributed by atoms with Crippen molar-refractivity contribution in [2.45, 2.75) is 95.5 Å². The van der Waals surface area contributed by atoms with E-state index in [-0.39, 0.29) is 31.0 Å². The number of hydrogen-bond acceptors (Lipinski definition) is 6. The van der Waals surface area contributed by atoms with Gasteiger partial charge in [0.15, 0.2) is 5.78 Å². The lowest BCUT2D eigenvalue weighted by atomic mass is 9.92. The van der Waals surface area contributed by atoms with E-state index in [2.05, 4.69) is 26.0 Å². The smallest absolute Gasteiger partial charge is 0.243 e. The van der Waals surface area contributed by atoms with E-state index in [9.17, 15) is 19.2 Å². The van der Waals surface area contributed by atoms with Crippen molar-refractivity contribution >= 4 is 23.5 Å². The van der Waals surface area contributed by atoms with Crippen molar-refractivity contribution in [1.29, 1.82) is 0 Å². The van der Waals surface area contributed by atoms with E-state index in [1.54, 1.807) is 6.92 Å². The summed E-state index contributed by atoms with van der Waals surface area (Å²) >= 11 is 0. The second-order valence-electron chi connectivity index (χ2n) is 13.2. The second-order valence-corrected chi connectivity index (χ2v) is 13.2. The number of Topliss-reactive ketones (excluding diaryl/α,β-unsaturated/α-hetero) is 1. The molecule has 3 amide bonds. The van der Waals surface area contributed by atoms with Gasteiger partial charge in [-0.05, 0) is 60.8 Å². The van der Waals surface area contributed by atoms with Crippen LogP contribution in [-0.4, -0.2) is 59.9 Å². The van der Waals surface area contributed by atoms with Gasteiger partial charge in [0.2, 0.25) is 17.7 Å². The number of ketones is 1. The highest BCUT2D eigenvalue weighted by molar-refractivity contribution is 5.98. The number of rotatable bonds is 18. The first-order valence-electron chi connectivity index (χ1n) is 16.6. The third-order valence-corrected chi connectivity index (χ3v) is 8.47. The fourth-order valence-corrected chi connectivity index (χ4v) is 5.77. The van der Waals surface area contributed by atoms with E-state index >= 15 is 0 Å². The predicted octanol–water partition coefficient (Wildman–Crippen LogP) is 5.07. The van der Waals surface area contributed by atoms with Crippen molar-refractivity contribution in [2.24, 2.45) is 11.0 Å². The summed E-state index contributed by atoms with van der Waals surface area (Å²) in [7, 11) is 0. The number of azide groups is 1. The fraction of sp³-hybridized carbons (Fsp3) is 0.459. The summed E-state index contributed by atoms with van der Waals surface area (Å²) in [6.45, 7) is 5.97. The largest absolute Gasteiger partial charge is 0.361 e. The summed E-state index contributed by atoms with van der Waals surface area (Å²) < 4.78 is 5.39. The number of ether oxygens (including phenoxy) is 1. The lowest BCUT2D eigenvalue weighted by Crippen LogP contribution is -2.57. The molecule has 1 unspecified atom stereocenters. The minimum absolute atomic E-state index is 0.125. The topological polar surface area (TPSA) is 166 Å². The van der Waals surface area contributed by atoms with Gasteiger partial charge in [-0.15, -0.1) is 0 Å². The van der Waals surface area contributed by atoms with Gasteiger partial charge in [0, 0.05) is 24.2 Å². The molecule has 2 aromatic carbocycles. The molecule has 2 aliphatic rings.